The summed E-state index contributed by atoms with van der Waals surface area (Å²) >= 11 is 1.29. The Balaban J connectivity index is 1.70. The molecule has 2 aromatic rings. The predicted molar refractivity (Wildman–Crippen MR) is 71.4 cm³/mol. The molecule has 1 aliphatic carbocycles. The third-order valence-corrected chi connectivity index (χ3v) is 4.14. The standard InChI is InChI=1S/C13H15FN4S/c1-18-8-16-17-13(18)19-12-5-2-9(6-11(12)14)7-15-10-3-4-10/h2,5-6,8,10,15H,3-4,7H2,1H3. The number of nitrogens with one attached hydrogen (secondary N) is 1. The minimum absolute atomic E-state index is 0.205. The quantitative estimate of drug-likeness (QED) is 0.911. The van der Waals surface area contributed by atoms with E-state index in [9.17, 15) is 4.39 Å². The van der Waals surface area contributed by atoms with Gasteiger partial charge in [0.25, 0.3) is 0 Å². The van der Waals surface area contributed by atoms with Crippen LogP contribution in [-0.2, 0) is 13.6 Å². The molecule has 19 heavy (non-hydrogen) atoms. The van der Waals surface area contributed by atoms with E-state index in [1.54, 1.807) is 23.0 Å². The van der Waals surface area contributed by atoms with E-state index in [2.05, 4.69) is 15.5 Å². The number of rotatable bonds is 5. The summed E-state index contributed by atoms with van der Waals surface area (Å²) in [6.45, 7) is 0.733. The van der Waals surface area contributed by atoms with Crippen LogP contribution < -0.4 is 5.32 Å². The molecule has 1 aromatic carbocycles. The van der Waals surface area contributed by atoms with Crippen LogP contribution in [0.1, 0.15) is 18.4 Å². The van der Waals surface area contributed by atoms with Gasteiger partial charge in [-0.25, -0.2) is 4.39 Å². The maximum Gasteiger partial charge on any atom is 0.195 e. The van der Waals surface area contributed by atoms with E-state index in [-0.39, 0.29) is 5.82 Å². The van der Waals surface area contributed by atoms with Crippen LogP contribution in [0.4, 0.5) is 4.39 Å². The Morgan fingerprint density at radius 1 is 1.47 bits per heavy atom. The van der Waals surface area contributed by atoms with Crippen molar-refractivity contribution in [3.05, 3.63) is 35.9 Å². The topological polar surface area (TPSA) is 42.7 Å². The Hall–Kier alpha value is -1.40. The van der Waals surface area contributed by atoms with Crippen LogP contribution in [0.5, 0.6) is 0 Å². The van der Waals surface area contributed by atoms with Gasteiger partial charge in [0.15, 0.2) is 5.16 Å². The summed E-state index contributed by atoms with van der Waals surface area (Å²) < 4.78 is 15.8. The largest absolute Gasteiger partial charge is 0.311 e. The zero-order valence-electron chi connectivity index (χ0n) is 10.6. The first kappa shape index (κ1) is 12.6. The number of aromatic nitrogens is 3. The van der Waals surface area contributed by atoms with Gasteiger partial charge in [0.05, 0.1) is 4.90 Å². The molecule has 6 heteroatoms. The molecule has 1 aromatic heterocycles. The summed E-state index contributed by atoms with van der Waals surface area (Å²) in [4.78, 5) is 0.575. The second-order valence-corrected chi connectivity index (χ2v) is 5.76. The van der Waals surface area contributed by atoms with E-state index in [4.69, 9.17) is 0 Å². The highest BCUT2D eigenvalue weighted by atomic mass is 32.2. The van der Waals surface area contributed by atoms with E-state index in [1.165, 1.54) is 24.6 Å². The van der Waals surface area contributed by atoms with Crippen LogP contribution in [0.15, 0.2) is 34.6 Å². The normalized spacial score (nSPS) is 14.8. The summed E-state index contributed by atoms with van der Waals surface area (Å²) in [6, 6.07) is 5.99. The van der Waals surface area contributed by atoms with Crippen molar-refractivity contribution in [2.45, 2.75) is 35.5 Å². The lowest BCUT2D eigenvalue weighted by Crippen LogP contribution is -2.15. The van der Waals surface area contributed by atoms with Gasteiger partial charge >= 0.3 is 0 Å². The van der Waals surface area contributed by atoms with Crippen LogP contribution in [0.25, 0.3) is 0 Å². The van der Waals surface area contributed by atoms with Crippen LogP contribution >= 0.6 is 11.8 Å². The summed E-state index contributed by atoms with van der Waals surface area (Å²) in [5, 5.41) is 11.8. The first-order valence-electron chi connectivity index (χ1n) is 6.26. The SMILES string of the molecule is Cn1cnnc1Sc1ccc(CNC2CC2)cc1F. The van der Waals surface area contributed by atoms with Crippen molar-refractivity contribution in [2.75, 3.05) is 0 Å². The van der Waals surface area contributed by atoms with Crippen molar-refractivity contribution >= 4 is 11.8 Å². The third-order valence-electron chi connectivity index (χ3n) is 3.04. The van der Waals surface area contributed by atoms with Gasteiger partial charge in [0.1, 0.15) is 12.1 Å². The first-order valence-corrected chi connectivity index (χ1v) is 7.07. The molecule has 1 N–H and O–H groups in total. The van der Waals surface area contributed by atoms with Gasteiger partial charge < -0.3 is 9.88 Å². The number of nitrogens with zero attached hydrogens (tertiary/aromatic N) is 3. The van der Waals surface area contributed by atoms with Gasteiger partial charge in [-0.3, -0.25) is 0 Å². The fraction of sp³-hybridized carbons (Fsp3) is 0.385. The number of hydrogen-bond donors (Lipinski definition) is 1. The van der Waals surface area contributed by atoms with E-state index >= 15 is 0 Å². The first-order chi connectivity index (χ1) is 9.22. The van der Waals surface area contributed by atoms with Crippen LogP contribution in [0.3, 0.4) is 0 Å². The highest BCUT2D eigenvalue weighted by molar-refractivity contribution is 7.99. The summed E-state index contributed by atoms with van der Waals surface area (Å²) in [5.41, 5.74) is 0.978. The lowest BCUT2D eigenvalue weighted by molar-refractivity contribution is 0.594. The van der Waals surface area contributed by atoms with Crippen molar-refractivity contribution in [3.8, 4) is 0 Å². The molecule has 0 saturated heterocycles. The van der Waals surface area contributed by atoms with Crippen molar-refractivity contribution in [3.63, 3.8) is 0 Å². The zero-order chi connectivity index (χ0) is 13.2. The molecule has 0 unspecified atom stereocenters. The number of hydrogen-bond acceptors (Lipinski definition) is 4. The highest BCUT2D eigenvalue weighted by Crippen LogP contribution is 2.28. The van der Waals surface area contributed by atoms with Crippen LogP contribution in [0, 0.1) is 5.82 Å². The van der Waals surface area contributed by atoms with Gasteiger partial charge in [-0.05, 0) is 42.3 Å². The summed E-state index contributed by atoms with van der Waals surface area (Å²) in [5.74, 6) is -0.205. The van der Waals surface area contributed by atoms with E-state index in [1.807, 2.05) is 13.1 Å². The monoisotopic (exact) mass is 278 g/mol. The van der Waals surface area contributed by atoms with Gasteiger partial charge in [-0.2, -0.15) is 0 Å². The predicted octanol–water partition coefficient (Wildman–Crippen LogP) is 2.36. The second-order valence-electron chi connectivity index (χ2n) is 4.75. The fourth-order valence-electron chi connectivity index (χ4n) is 1.75. The van der Waals surface area contributed by atoms with Crippen LogP contribution in [0.2, 0.25) is 0 Å². The fourth-order valence-corrected chi connectivity index (χ4v) is 2.52. The van der Waals surface area contributed by atoms with Gasteiger partial charge in [-0.1, -0.05) is 6.07 Å². The minimum Gasteiger partial charge on any atom is -0.311 e. The smallest absolute Gasteiger partial charge is 0.195 e. The number of aryl methyl sites for hydroxylation is 1. The molecule has 100 valence electrons. The Kier molecular flexibility index (Phi) is 3.52. The Morgan fingerprint density at radius 3 is 2.95 bits per heavy atom. The molecule has 0 spiro atoms. The second kappa shape index (κ2) is 5.30. The molecular formula is C13H15FN4S. The average Bonchev–Trinajstić information content (AvgIpc) is 3.14. The number of halogens is 1. The van der Waals surface area contributed by atoms with Gasteiger partial charge in [0, 0.05) is 19.6 Å². The molecule has 1 fully saturated rings. The Labute approximate surface area is 115 Å². The van der Waals surface area contributed by atoms with Crippen molar-refractivity contribution in [1.82, 2.24) is 20.1 Å². The maximum atomic E-state index is 14.0. The third kappa shape index (κ3) is 3.13. The summed E-state index contributed by atoms with van der Waals surface area (Å²) in [6.07, 6.45) is 4.08. The molecule has 0 atom stereocenters. The highest BCUT2D eigenvalue weighted by Gasteiger charge is 2.20. The Bertz CT molecular complexity index is 580. The van der Waals surface area contributed by atoms with E-state index < -0.39 is 0 Å². The maximum absolute atomic E-state index is 14.0. The molecule has 1 saturated carbocycles. The van der Waals surface area contributed by atoms with Crippen LogP contribution in [-0.4, -0.2) is 20.8 Å². The average molecular weight is 278 g/mol. The molecule has 0 amide bonds. The molecule has 1 aliphatic rings. The molecule has 1 heterocycles. The Morgan fingerprint density at radius 2 is 2.32 bits per heavy atom. The molecule has 0 aliphatic heterocycles. The lowest BCUT2D eigenvalue weighted by atomic mass is 10.2. The molecular weight excluding hydrogens is 263 g/mol. The van der Waals surface area contributed by atoms with E-state index in [0.717, 1.165) is 12.1 Å². The van der Waals surface area contributed by atoms with Crippen molar-refractivity contribution < 1.29 is 4.39 Å². The molecule has 0 radical (unpaired) electrons. The molecule has 3 rings (SSSR count). The van der Waals surface area contributed by atoms with E-state index in [0.29, 0.717) is 16.1 Å². The van der Waals surface area contributed by atoms with Crippen molar-refractivity contribution in [1.29, 1.82) is 0 Å². The number of benzene rings is 1. The molecule has 4 nitrogen and oxygen atoms in total. The van der Waals surface area contributed by atoms with Gasteiger partial charge in [-0.15, -0.1) is 10.2 Å². The van der Waals surface area contributed by atoms with Crippen molar-refractivity contribution in [2.24, 2.45) is 7.05 Å². The molecule has 0 bridgehead atoms. The van der Waals surface area contributed by atoms with Gasteiger partial charge in [0.2, 0.25) is 0 Å². The summed E-state index contributed by atoms with van der Waals surface area (Å²) in [7, 11) is 1.84. The minimum atomic E-state index is -0.205. The zero-order valence-corrected chi connectivity index (χ0v) is 11.5. The lowest BCUT2D eigenvalue weighted by Gasteiger charge is -2.06.